The van der Waals surface area contributed by atoms with Gasteiger partial charge in [0.25, 0.3) is 0 Å². The fraction of sp³-hybridized carbons (Fsp3) is 0. The Hall–Kier alpha value is -2.82. The van der Waals surface area contributed by atoms with E-state index >= 15 is 0 Å². The highest BCUT2D eigenvalue weighted by atomic mass is 35.5. The third kappa shape index (κ3) is 3.18. The first-order valence-corrected chi connectivity index (χ1v) is 7.11. The SMILES string of the molecule is N#Cc1ccc2nn(NC(=O)Nc3cccc(Cl)c3Cl)nc2c1. The highest BCUT2D eigenvalue weighted by Crippen LogP contribution is 2.29. The molecule has 0 spiro atoms. The lowest BCUT2D eigenvalue weighted by atomic mass is 10.2. The standard InChI is InChI=1S/C14H8Cl2N6O/c15-9-2-1-3-11(13(9)16)18-14(23)21-22-19-10-5-4-8(7-17)6-12(10)20-22/h1-6H,(H2,18,21,23). The maximum Gasteiger partial charge on any atom is 0.341 e. The summed E-state index contributed by atoms with van der Waals surface area (Å²) in [6, 6.07) is 11.1. The third-order valence-electron chi connectivity index (χ3n) is 2.91. The van der Waals surface area contributed by atoms with Gasteiger partial charge in [-0.05, 0) is 30.3 Å². The Bertz CT molecular complexity index is 946. The van der Waals surface area contributed by atoms with Crippen molar-refractivity contribution in [1.29, 1.82) is 5.26 Å². The van der Waals surface area contributed by atoms with Gasteiger partial charge in [0, 0.05) is 0 Å². The Morgan fingerprint density at radius 1 is 1.17 bits per heavy atom. The predicted octanol–water partition coefficient (Wildman–Crippen LogP) is 3.39. The molecule has 0 saturated carbocycles. The van der Waals surface area contributed by atoms with Crippen molar-refractivity contribution < 1.29 is 4.79 Å². The summed E-state index contributed by atoms with van der Waals surface area (Å²) in [4.78, 5) is 13.0. The number of nitrogens with one attached hydrogen (secondary N) is 2. The van der Waals surface area contributed by atoms with E-state index in [0.29, 0.717) is 27.3 Å². The number of amides is 2. The van der Waals surface area contributed by atoms with E-state index in [4.69, 9.17) is 28.5 Å². The minimum atomic E-state index is -0.588. The number of carbonyl (C=O) groups is 1. The first kappa shape index (κ1) is 15.1. The summed E-state index contributed by atoms with van der Waals surface area (Å²) in [5.41, 5.74) is 4.28. The van der Waals surface area contributed by atoms with Crippen molar-refractivity contribution in [2.24, 2.45) is 0 Å². The van der Waals surface area contributed by atoms with Gasteiger partial charge in [-0.25, -0.2) is 10.2 Å². The summed E-state index contributed by atoms with van der Waals surface area (Å²) >= 11 is 11.9. The van der Waals surface area contributed by atoms with Crippen molar-refractivity contribution in [3.8, 4) is 6.07 Å². The molecule has 0 atom stereocenters. The fourth-order valence-electron chi connectivity index (χ4n) is 1.88. The molecule has 0 aliphatic carbocycles. The molecule has 1 heterocycles. The summed E-state index contributed by atoms with van der Waals surface area (Å²) in [5, 5.41) is 20.1. The maximum absolute atomic E-state index is 12.0. The quantitative estimate of drug-likeness (QED) is 0.743. The molecule has 2 N–H and O–H groups in total. The van der Waals surface area contributed by atoms with E-state index in [1.807, 2.05) is 6.07 Å². The smallest absolute Gasteiger partial charge is 0.305 e. The number of anilines is 1. The van der Waals surface area contributed by atoms with Crippen molar-refractivity contribution in [3.05, 3.63) is 52.0 Å². The Morgan fingerprint density at radius 3 is 2.74 bits per heavy atom. The molecule has 1 aromatic heterocycles. The molecular formula is C14H8Cl2N6O. The number of urea groups is 1. The van der Waals surface area contributed by atoms with E-state index in [-0.39, 0.29) is 5.02 Å². The molecule has 0 bridgehead atoms. The van der Waals surface area contributed by atoms with E-state index in [1.165, 1.54) is 0 Å². The number of carbonyl (C=O) groups excluding carboxylic acids is 1. The van der Waals surface area contributed by atoms with E-state index < -0.39 is 6.03 Å². The van der Waals surface area contributed by atoms with Crippen LogP contribution in [0.4, 0.5) is 10.5 Å². The van der Waals surface area contributed by atoms with Gasteiger partial charge in [-0.3, -0.25) is 0 Å². The zero-order valence-corrected chi connectivity index (χ0v) is 12.9. The molecule has 0 aliphatic rings. The van der Waals surface area contributed by atoms with Gasteiger partial charge < -0.3 is 5.32 Å². The van der Waals surface area contributed by atoms with Crippen LogP contribution in [-0.2, 0) is 0 Å². The second kappa shape index (κ2) is 6.12. The molecule has 7 nitrogen and oxygen atoms in total. The topological polar surface area (TPSA) is 95.6 Å². The second-order valence-corrected chi connectivity index (χ2v) is 5.26. The second-order valence-electron chi connectivity index (χ2n) is 4.47. The normalized spacial score (nSPS) is 10.3. The first-order valence-electron chi connectivity index (χ1n) is 6.36. The van der Waals surface area contributed by atoms with Gasteiger partial charge in [-0.1, -0.05) is 34.2 Å². The molecule has 2 amide bonds. The Balaban J connectivity index is 1.77. The number of benzene rings is 2. The van der Waals surface area contributed by atoms with Crippen LogP contribution in [0.15, 0.2) is 36.4 Å². The van der Waals surface area contributed by atoms with Crippen LogP contribution in [0.25, 0.3) is 11.0 Å². The first-order chi connectivity index (χ1) is 11.1. The number of halogens is 2. The predicted molar refractivity (Wildman–Crippen MR) is 87.1 cm³/mol. The van der Waals surface area contributed by atoms with E-state index in [9.17, 15) is 4.79 Å². The summed E-state index contributed by atoms with van der Waals surface area (Å²) < 4.78 is 0. The summed E-state index contributed by atoms with van der Waals surface area (Å²) in [6.45, 7) is 0. The molecule has 0 saturated heterocycles. The van der Waals surface area contributed by atoms with Crippen molar-refractivity contribution in [2.75, 3.05) is 10.7 Å². The Labute approximate surface area is 140 Å². The van der Waals surface area contributed by atoms with Gasteiger partial charge in [0.15, 0.2) is 0 Å². The molecule has 23 heavy (non-hydrogen) atoms. The zero-order valence-electron chi connectivity index (χ0n) is 11.4. The van der Waals surface area contributed by atoms with Gasteiger partial charge in [-0.2, -0.15) is 5.26 Å². The fourth-order valence-corrected chi connectivity index (χ4v) is 2.22. The van der Waals surface area contributed by atoms with Crippen LogP contribution in [0.1, 0.15) is 5.56 Å². The molecule has 3 rings (SSSR count). The molecule has 0 fully saturated rings. The van der Waals surface area contributed by atoms with Gasteiger partial charge >= 0.3 is 6.03 Å². The maximum atomic E-state index is 12.0. The molecule has 114 valence electrons. The minimum absolute atomic E-state index is 0.238. The molecule has 0 radical (unpaired) electrons. The number of aromatic nitrogens is 3. The summed E-state index contributed by atoms with van der Waals surface area (Å²) in [5.74, 6) is 0. The highest BCUT2D eigenvalue weighted by molar-refractivity contribution is 6.44. The zero-order chi connectivity index (χ0) is 16.4. The van der Waals surface area contributed by atoms with Crippen molar-refractivity contribution in [2.45, 2.75) is 0 Å². The van der Waals surface area contributed by atoms with Gasteiger partial charge in [0.05, 0.1) is 27.4 Å². The number of rotatable bonds is 2. The molecule has 3 aromatic rings. The van der Waals surface area contributed by atoms with Crippen molar-refractivity contribution >= 4 is 46.0 Å². The van der Waals surface area contributed by atoms with Crippen molar-refractivity contribution in [1.82, 2.24) is 15.1 Å². The Morgan fingerprint density at radius 2 is 1.96 bits per heavy atom. The number of fused-ring (bicyclic) bond motifs is 1. The molecule has 2 aromatic carbocycles. The largest absolute Gasteiger partial charge is 0.341 e. The third-order valence-corrected chi connectivity index (χ3v) is 3.73. The average molecular weight is 347 g/mol. The van der Waals surface area contributed by atoms with Crippen LogP contribution in [0.3, 0.4) is 0 Å². The van der Waals surface area contributed by atoms with E-state index in [2.05, 4.69) is 20.9 Å². The lowest BCUT2D eigenvalue weighted by Crippen LogP contribution is -2.29. The molecule has 9 heteroatoms. The summed E-state index contributed by atoms with van der Waals surface area (Å²) in [7, 11) is 0. The Kier molecular flexibility index (Phi) is 4.02. The minimum Gasteiger partial charge on any atom is -0.305 e. The van der Waals surface area contributed by atoms with Crippen LogP contribution >= 0.6 is 23.2 Å². The molecular weight excluding hydrogens is 339 g/mol. The number of hydrogen-bond donors (Lipinski definition) is 2. The van der Waals surface area contributed by atoms with Crippen LogP contribution in [0.5, 0.6) is 0 Å². The van der Waals surface area contributed by atoms with Gasteiger partial charge in [-0.15, -0.1) is 10.2 Å². The molecule has 0 unspecified atom stereocenters. The van der Waals surface area contributed by atoms with Gasteiger partial charge in [0.1, 0.15) is 11.0 Å². The number of nitriles is 1. The van der Waals surface area contributed by atoms with Crippen LogP contribution in [-0.4, -0.2) is 21.1 Å². The molecule has 0 aliphatic heterocycles. The van der Waals surface area contributed by atoms with E-state index in [1.54, 1.807) is 36.4 Å². The van der Waals surface area contributed by atoms with Gasteiger partial charge in [0.2, 0.25) is 0 Å². The van der Waals surface area contributed by atoms with Crippen LogP contribution in [0, 0.1) is 11.3 Å². The van der Waals surface area contributed by atoms with Crippen LogP contribution in [0.2, 0.25) is 10.0 Å². The summed E-state index contributed by atoms with van der Waals surface area (Å²) in [6.07, 6.45) is 0. The van der Waals surface area contributed by atoms with E-state index in [0.717, 1.165) is 4.91 Å². The number of hydrogen-bond acceptors (Lipinski definition) is 4. The lowest BCUT2D eigenvalue weighted by Gasteiger charge is -2.08. The average Bonchev–Trinajstić information content (AvgIpc) is 2.92. The van der Waals surface area contributed by atoms with Crippen LogP contribution < -0.4 is 10.7 Å². The lowest BCUT2D eigenvalue weighted by molar-refractivity contribution is 0.258. The monoisotopic (exact) mass is 346 g/mol. The number of nitrogens with zero attached hydrogens (tertiary/aromatic N) is 4. The highest BCUT2D eigenvalue weighted by Gasteiger charge is 2.10. The van der Waals surface area contributed by atoms with Crippen molar-refractivity contribution in [3.63, 3.8) is 0 Å².